The van der Waals surface area contributed by atoms with Crippen LogP contribution in [0.3, 0.4) is 0 Å². The molecule has 1 aliphatic rings. The number of nitrogens with zero attached hydrogens (tertiary/aromatic N) is 3. The Kier molecular flexibility index (Phi) is 7.63. The summed E-state index contributed by atoms with van der Waals surface area (Å²) in [6.45, 7) is 15.2. The second-order valence-electron chi connectivity index (χ2n) is 8.81. The molecule has 0 unspecified atom stereocenters. The molecule has 0 radical (unpaired) electrons. The molecular formula is C19H35N3O5Si. The van der Waals surface area contributed by atoms with Crippen molar-refractivity contribution in [3.05, 3.63) is 15.8 Å². The lowest BCUT2D eigenvalue weighted by atomic mass is 10.1. The van der Waals surface area contributed by atoms with Crippen molar-refractivity contribution in [3.8, 4) is 5.88 Å². The number of ether oxygens (including phenoxy) is 2. The van der Waals surface area contributed by atoms with Gasteiger partial charge in [-0.25, -0.2) is 0 Å². The first kappa shape index (κ1) is 22.8. The Balaban J connectivity index is 2.02. The van der Waals surface area contributed by atoms with Crippen molar-refractivity contribution in [2.24, 2.45) is 0 Å². The fourth-order valence-corrected chi connectivity index (χ4v) is 4.14. The third kappa shape index (κ3) is 5.33. The minimum Gasteiger partial charge on any atom is -0.472 e. The van der Waals surface area contributed by atoms with Gasteiger partial charge in [0.25, 0.3) is 0 Å². The lowest BCUT2D eigenvalue weighted by molar-refractivity contribution is -0.386. The summed E-state index contributed by atoms with van der Waals surface area (Å²) in [5, 5.41) is 16.3. The van der Waals surface area contributed by atoms with Gasteiger partial charge in [-0.05, 0) is 37.4 Å². The first-order valence-corrected chi connectivity index (χ1v) is 13.1. The van der Waals surface area contributed by atoms with Gasteiger partial charge in [0.05, 0.1) is 17.6 Å². The highest BCUT2D eigenvalue weighted by molar-refractivity contribution is 6.74. The van der Waals surface area contributed by atoms with Crippen LogP contribution in [0.15, 0.2) is 0 Å². The molecule has 2 rings (SSSR count). The molecular weight excluding hydrogens is 378 g/mol. The Hall–Kier alpha value is -1.45. The third-order valence-corrected chi connectivity index (χ3v) is 10.3. The molecule has 0 atom stereocenters. The van der Waals surface area contributed by atoms with Gasteiger partial charge in [0.15, 0.2) is 8.32 Å². The standard InChI is InChI=1S/C19H35N3O5Si/c1-7-16-17(22(23)24)18(20-21(16)15-9-13-25-14-10-15)26-11-8-12-27-28(5,6)19(2,3)4/h15H,7-14H2,1-6H3. The van der Waals surface area contributed by atoms with Gasteiger partial charge >= 0.3 is 11.6 Å². The zero-order chi connectivity index (χ0) is 20.9. The number of hydrogen-bond donors (Lipinski definition) is 0. The molecule has 0 saturated carbocycles. The van der Waals surface area contributed by atoms with E-state index in [2.05, 4.69) is 39.0 Å². The third-order valence-electron chi connectivity index (χ3n) is 5.80. The summed E-state index contributed by atoms with van der Waals surface area (Å²) in [7, 11) is -1.79. The molecule has 1 saturated heterocycles. The van der Waals surface area contributed by atoms with Crippen molar-refractivity contribution >= 4 is 14.0 Å². The summed E-state index contributed by atoms with van der Waals surface area (Å²) in [5.41, 5.74) is 0.628. The van der Waals surface area contributed by atoms with E-state index in [0.717, 1.165) is 12.8 Å². The van der Waals surface area contributed by atoms with Crippen LogP contribution < -0.4 is 4.74 Å². The van der Waals surface area contributed by atoms with Crippen molar-refractivity contribution in [1.82, 2.24) is 9.78 Å². The average molecular weight is 414 g/mol. The van der Waals surface area contributed by atoms with Crippen LogP contribution in [0, 0.1) is 10.1 Å². The predicted octanol–water partition coefficient (Wildman–Crippen LogP) is 4.50. The maximum Gasteiger partial charge on any atom is 0.353 e. The van der Waals surface area contributed by atoms with Gasteiger partial charge in [-0.1, -0.05) is 27.7 Å². The molecule has 0 spiro atoms. The Morgan fingerprint density at radius 3 is 2.46 bits per heavy atom. The molecule has 9 heteroatoms. The van der Waals surface area contributed by atoms with E-state index < -0.39 is 8.32 Å². The fraction of sp³-hybridized carbons (Fsp3) is 0.842. The lowest BCUT2D eigenvalue weighted by Crippen LogP contribution is -2.41. The molecule has 1 aliphatic heterocycles. The summed E-state index contributed by atoms with van der Waals surface area (Å²) in [6, 6.07) is 0.127. The van der Waals surface area contributed by atoms with Crippen LogP contribution in [0.5, 0.6) is 5.88 Å². The molecule has 2 heterocycles. The molecule has 0 N–H and O–H groups in total. The van der Waals surface area contributed by atoms with E-state index >= 15 is 0 Å². The molecule has 1 aromatic rings. The van der Waals surface area contributed by atoms with E-state index in [1.807, 2.05) is 6.92 Å². The zero-order valence-electron chi connectivity index (χ0n) is 18.1. The van der Waals surface area contributed by atoms with Gasteiger partial charge in [0.2, 0.25) is 0 Å². The van der Waals surface area contributed by atoms with E-state index in [1.54, 1.807) is 4.68 Å². The summed E-state index contributed by atoms with van der Waals surface area (Å²) < 4.78 is 19.1. The van der Waals surface area contributed by atoms with Crippen LogP contribution in [0.4, 0.5) is 5.69 Å². The van der Waals surface area contributed by atoms with Gasteiger partial charge in [-0.2, -0.15) is 0 Å². The first-order chi connectivity index (χ1) is 13.1. The largest absolute Gasteiger partial charge is 0.472 e. The normalized spacial score (nSPS) is 16.4. The Morgan fingerprint density at radius 2 is 1.93 bits per heavy atom. The van der Waals surface area contributed by atoms with Gasteiger partial charge in [-0.3, -0.25) is 14.8 Å². The monoisotopic (exact) mass is 413 g/mol. The fourth-order valence-electron chi connectivity index (χ4n) is 3.05. The van der Waals surface area contributed by atoms with Crippen LogP contribution in [0.1, 0.15) is 58.7 Å². The molecule has 0 aliphatic carbocycles. The summed E-state index contributed by atoms with van der Waals surface area (Å²) in [4.78, 5) is 11.3. The highest BCUT2D eigenvalue weighted by Gasteiger charge is 2.37. The van der Waals surface area contributed by atoms with Crippen molar-refractivity contribution in [2.45, 2.75) is 77.6 Å². The molecule has 0 aromatic carbocycles. The highest BCUT2D eigenvalue weighted by atomic mass is 28.4. The minimum atomic E-state index is -1.79. The van der Waals surface area contributed by atoms with Crippen LogP contribution in [0.2, 0.25) is 18.1 Å². The number of rotatable bonds is 9. The van der Waals surface area contributed by atoms with Crippen molar-refractivity contribution in [3.63, 3.8) is 0 Å². The molecule has 8 nitrogen and oxygen atoms in total. The highest BCUT2D eigenvalue weighted by Crippen LogP contribution is 2.37. The molecule has 1 fully saturated rings. The SMILES string of the molecule is CCc1c([N+](=O)[O-])c(OCCCO[Si](C)(C)C(C)(C)C)nn1C1CCOCC1. The Bertz CT molecular complexity index is 663. The molecule has 160 valence electrons. The second-order valence-corrected chi connectivity index (χ2v) is 13.6. The molecule has 28 heavy (non-hydrogen) atoms. The van der Waals surface area contributed by atoms with Crippen molar-refractivity contribution in [1.29, 1.82) is 0 Å². The molecule has 1 aromatic heterocycles. The predicted molar refractivity (Wildman–Crippen MR) is 111 cm³/mol. The van der Waals surface area contributed by atoms with Crippen LogP contribution in [0.25, 0.3) is 0 Å². The first-order valence-electron chi connectivity index (χ1n) is 10.2. The number of nitro groups is 1. The number of hydrogen-bond acceptors (Lipinski definition) is 6. The van der Waals surface area contributed by atoms with Gasteiger partial charge < -0.3 is 13.9 Å². The smallest absolute Gasteiger partial charge is 0.353 e. The van der Waals surface area contributed by atoms with Gasteiger partial charge in [-0.15, -0.1) is 5.10 Å². The van der Waals surface area contributed by atoms with E-state index in [4.69, 9.17) is 13.9 Å². The minimum absolute atomic E-state index is 0.000642. The van der Waals surface area contributed by atoms with Crippen molar-refractivity contribution < 1.29 is 18.8 Å². The zero-order valence-corrected chi connectivity index (χ0v) is 19.1. The van der Waals surface area contributed by atoms with Gasteiger partial charge in [0, 0.05) is 26.2 Å². The maximum absolute atomic E-state index is 11.7. The topological polar surface area (TPSA) is 88.7 Å². The lowest BCUT2D eigenvalue weighted by Gasteiger charge is -2.36. The van der Waals surface area contributed by atoms with E-state index in [1.165, 1.54) is 0 Å². The van der Waals surface area contributed by atoms with Crippen LogP contribution >= 0.6 is 0 Å². The maximum atomic E-state index is 11.7. The number of aromatic nitrogens is 2. The summed E-state index contributed by atoms with van der Waals surface area (Å²) >= 11 is 0. The Morgan fingerprint density at radius 1 is 1.29 bits per heavy atom. The molecule has 0 amide bonds. The van der Waals surface area contributed by atoms with Crippen LogP contribution in [-0.4, -0.2) is 49.4 Å². The van der Waals surface area contributed by atoms with E-state index in [9.17, 15) is 10.1 Å². The molecule has 0 bridgehead atoms. The second kappa shape index (κ2) is 9.36. The van der Waals surface area contributed by atoms with E-state index in [-0.39, 0.29) is 27.6 Å². The average Bonchev–Trinajstić information content (AvgIpc) is 3.00. The van der Waals surface area contributed by atoms with Gasteiger partial charge in [0.1, 0.15) is 5.69 Å². The quantitative estimate of drug-likeness (QED) is 0.256. The Labute approximate surface area is 168 Å². The van der Waals surface area contributed by atoms with E-state index in [0.29, 0.717) is 45.0 Å². The summed E-state index contributed by atoms with van der Waals surface area (Å²) in [5.74, 6) is 0.126. The van der Waals surface area contributed by atoms with Crippen LogP contribution in [-0.2, 0) is 15.6 Å². The summed E-state index contributed by atoms with van der Waals surface area (Å²) in [6.07, 6.45) is 2.84. The van der Waals surface area contributed by atoms with Crippen molar-refractivity contribution in [2.75, 3.05) is 26.4 Å².